The molecule has 7 nitrogen and oxygen atoms in total. The average Bonchev–Trinajstić information content (AvgIpc) is 2.81. The van der Waals surface area contributed by atoms with Crippen molar-refractivity contribution in [3.05, 3.63) is 93.5 Å². The number of halogens is 2. The minimum absolute atomic E-state index is 0.216. The van der Waals surface area contributed by atoms with Crippen LogP contribution in [0.2, 0.25) is 10.0 Å². The number of ether oxygens (including phenoxy) is 2. The average molecular weight is 497 g/mol. The standard InChI is InChI=1S/C25H18Cl2N2O5/c1-33-20-10-7-16(22(13-20)34-14-15-5-8-17(26)9-6-15)11-21-23(30)28-25(32)29(24(21)31)19-4-2-3-18(27)12-19/h2-13H,14H2,1H3,(H,28,30,32)/b21-11+. The number of hydrogen-bond donors (Lipinski definition) is 1. The number of nitrogens with one attached hydrogen (secondary N) is 1. The molecular weight excluding hydrogens is 479 g/mol. The van der Waals surface area contributed by atoms with Crippen molar-refractivity contribution in [1.82, 2.24) is 5.32 Å². The van der Waals surface area contributed by atoms with Gasteiger partial charge in [0.25, 0.3) is 11.8 Å². The summed E-state index contributed by atoms with van der Waals surface area (Å²) in [5.74, 6) is -0.680. The van der Waals surface area contributed by atoms with E-state index >= 15 is 0 Å². The van der Waals surface area contributed by atoms with E-state index in [9.17, 15) is 14.4 Å². The zero-order chi connectivity index (χ0) is 24.2. The number of anilines is 1. The molecule has 0 aromatic heterocycles. The molecule has 1 aliphatic heterocycles. The van der Waals surface area contributed by atoms with Crippen LogP contribution in [0.3, 0.4) is 0 Å². The van der Waals surface area contributed by atoms with Crippen molar-refractivity contribution in [3.63, 3.8) is 0 Å². The van der Waals surface area contributed by atoms with Crippen molar-refractivity contribution in [2.24, 2.45) is 0 Å². The molecule has 1 N–H and O–H groups in total. The predicted octanol–water partition coefficient (Wildman–Crippen LogP) is 5.25. The van der Waals surface area contributed by atoms with Crippen LogP contribution < -0.4 is 19.7 Å². The van der Waals surface area contributed by atoms with Gasteiger partial charge < -0.3 is 9.47 Å². The monoisotopic (exact) mass is 496 g/mol. The first-order chi connectivity index (χ1) is 16.4. The highest BCUT2D eigenvalue weighted by atomic mass is 35.5. The highest BCUT2D eigenvalue weighted by molar-refractivity contribution is 6.39. The van der Waals surface area contributed by atoms with Gasteiger partial charge in [-0.05, 0) is 54.1 Å². The minimum atomic E-state index is -0.858. The number of nitrogens with zero attached hydrogens (tertiary/aromatic N) is 1. The Morgan fingerprint density at radius 2 is 1.71 bits per heavy atom. The van der Waals surface area contributed by atoms with Gasteiger partial charge in [-0.2, -0.15) is 0 Å². The lowest BCUT2D eigenvalue weighted by Crippen LogP contribution is -2.54. The second-order valence-electron chi connectivity index (χ2n) is 7.26. The Bertz CT molecular complexity index is 1300. The van der Waals surface area contributed by atoms with Gasteiger partial charge in [-0.15, -0.1) is 0 Å². The van der Waals surface area contributed by atoms with Gasteiger partial charge >= 0.3 is 6.03 Å². The van der Waals surface area contributed by atoms with Gasteiger partial charge in [0, 0.05) is 21.7 Å². The predicted molar refractivity (Wildman–Crippen MR) is 129 cm³/mol. The number of amides is 4. The maximum Gasteiger partial charge on any atom is 0.335 e. The topological polar surface area (TPSA) is 84.9 Å². The Kier molecular flexibility index (Phi) is 6.86. The third-order valence-corrected chi connectivity index (χ3v) is 5.48. The van der Waals surface area contributed by atoms with Gasteiger partial charge in [-0.1, -0.05) is 41.4 Å². The lowest BCUT2D eigenvalue weighted by Gasteiger charge is -2.26. The molecule has 1 fully saturated rings. The number of urea groups is 1. The van der Waals surface area contributed by atoms with Gasteiger partial charge in [0.05, 0.1) is 12.8 Å². The zero-order valence-electron chi connectivity index (χ0n) is 17.9. The molecule has 3 aromatic carbocycles. The van der Waals surface area contributed by atoms with Crippen molar-refractivity contribution >= 4 is 52.8 Å². The highest BCUT2D eigenvalue weighted by Crippen LogP contribution is 2.30. The fourth-order valence-electron chi connectivity index (χ4n) is 3.29. The maximum atomic E-state index is 13.2. The third-order valence-electron chi connectivity index (χ3n) is 5.00. The van der Waals surface area contributed by atoms with E-state index in [-0.39, 0.29) is 17.9 Å². The fourth-order valence-corrected chi connectivity index (χ4v) is 3.60. The maximum absolute atomic E-state index is 13.2. The van der Waals surface area contributed by atoms with Crippen molar-refractivity contribution in [1.29, 1.82) is 0 Å². The van der Waals surface area contributed by atoms with Gasteiger partial charge in [-0.3, -0.25) is 14.9 Å². The largest absolute Gasteiger partial charge is 0.497 e. The molecule has 0 radical (unpaired) electrons. The number of rotatable bonds is 6. The Hall–Kier alpha value is -3.81. The molecule has 0 unspecified atom stereocenters. The second-order valence-corrected chi connectivity index (χ2v) is 8.13. The molecule has 4 rings (SSSR count). The van der Waals surface area contributed by atoms with Crippen LogP contribution in [0.4, 0.5) is 10.5 Å². The van der Waals surface area contributed by atoms with Crippen LogP contribution in [0.1, 0.15) is 11.1 Å². The summed E-state index contributed by atoms with van der Waals surface area (Å²) in [4.78, 5) is 39.0. The number of barbiturate groups is 1. The summed E-state index contributed by atoms with van der Waals surface area (Å²) in [5, 5.41) is 3.14. The van der Waals surface area contributed by atoms with Crippen LogP contribution >= 0.6 is 23.2 Å². The van der Waals surface area contributed by atoms with E-state index in [0.717, 1.165) is 10.5 Å². The molecule has 172 valence electrons. The summed E-state index contributed by atoms with van der Waals surface area (Å²) in [6.07, 6.45) is 1.37. The van der Waals surface area contributed by atoms with E-state index in [2.05, 4.69) is 5.32 Å². The Balaban J connectivity index is 1.68. The molecule has 4 amide bonds. The molecule has 0 atom stereocenters. The number of methoxy groups -OCH3 is 1. The molecule has 3 aromatic rings. The lowest BCUT2D eigenvalue weighted by atomic mass is 10.1. The van der Waals surface area contributed by atoms with Crippen molar-refractivity contribution in [2.45, 2.75) is 6.61 Å². The van der Waals surface area contributed by atoms with Crippen LogP contribution in [0.25, 0.3) is 6.08 Å². The number of benzene rings is 3. The van der Waals surface area contributed by atoms with E-state index in [1.54, 1.807) is 48.5 Å². The molecule has 0 bridgehead atoms. The van der Waals surface area contributed by atoms with Crippen LogP contribution in [-0.4, -0.2) is 25.0 Å². The third kappa shape index (κ3) is 5.06. The van der Waals surface area contributed by atoms with Gasteiger partial charge in [0.1, 0.15) is 23.7 Å². The van der Waals surface area contributed by atoms with Crippen LogP contribution in [0, 0.1) is 0 Å². The first kappa shape index (κ1) is 23.4. The molecule has 9 heteroatoms. The molecular formula is C25H18Cl2N2O5. The molecule has 0 aliphatic carbocycles. The van der Waals surface area contributed by atoms with Crippen LogP contribution in [0.5, 0.6) is 11.5 Å². The van der Waals surface area contributed by atoms with Crippen molar-refractivity contribution in [3.8, 4) is 11.5 Å². The van der Waals surface area contributed by atoms with Gasteiger partial charge in [0.2, 0.25) is 0 Å². The molecule has 1 saturated heterocycles. The molecule has 0 spiro atoms. The van der Waals surface area contributed by atoms with Gasteiger partial charge in [-0.25, -0.2) is 9.69 Å². The SMILES string of the molecule is COc1ccc(/C=C2\C(=O)NC(=O)N(c3cccc(Cl)c3)C2=O)c(OCc2ccc(Cl)cc2)c1. The highest BCUT2D eigenvalue weighted by Gasteiger charge is 2.37. The minimum Gasteiger partial charge on any atom is -0.497 e. The lowest BCUT2D eigenvalue weighted by molar-refractivity contribution is -0.122. The smallest absolute Gasteiger partial charge is 0.335 e. The number of carbonyl (C=O) groups is 3. The van der Waals surface area contributed by atoms with Crippen molar-refractivity contribution < 1.29 is 23.9 Å². The van der Waals surface area contributed by atoms with Gasteiger partial charge in [0.15, 0.2) is 0 Å². The molecule has 34 heavy (non-hydrogen) atoms. The number of imide groups is 2. The molecule has 1 aliphatic rings. The summed E-state index contributed by atoms with van der Waals surface area (Å²) in [6.45, 7) is 0.216. The number of hydrogen-bond acceptors (Lipinski definition) is 5. The first-order valence-electron chi connectivity index (χ1n) is 10.1. The molecule has 1 heterocycles. The van der Waals surface area contributed by atoms with E-state index in [4.69, 9.17) is 32.7 Å². The Labute approximate surface area is 205 Å². The fraction of sp³-hybridized carbons (Fsp3) is 0.0800. The summed E-state index contributed by atoms with van der Waals surface area (Å²) >= 11 is 11.9. The Morgan fingerprint density at radius 3 is 2.41 bits per heavy atom. The quantitative estimate of drug-likeness (QED) is 0.372. The molecule has 0 saturated carbocycles. The zero-order valence-corrected chi connectivity index (χ0v) is 19.4. The summed E-state index contributed by atoms with van der Waals surface area (Å²) in [6, 6.07) is 17.5. The van der Waals surface area contributed by atoms with Crippen LogP contribution in [-0.2, 0) is 16.2 Å². The first-order valence-corrected chi connectivity index (χ1v) is 10.8. The van der Waals surface area contributed by atoms with E-state index in [0.29, 0.717) is 27.1 Å². The van der Waals surface area contributed by atoms with Crippen molar-refractivity contribution in [2.75, 3.05) is 12.0 Å². The Morgan fingerprint density at radius 1 is 0.941 bits per heavy atom. The number of carbonyl (C=O) groups excluding carboxylic acids is 3. The normalized spacial score (nSPS) is 14.9. The summed E-state index contributed by atoms with van der Waals surface area (Å²) in [7, 11) is 1.52. The van der Waals surface area contributed by atoms with E-state index in [1.165, 1.54) is 19.3 Å². The van der Waals surface area contributed by atoms with E-state index < -0.39 is 17.8 Å². The summed E-state index contributed by atoms with van der Waals surface area (Å²) < 4.78 is 11.2. The summed E-state index contributed by atoms with van der Waals surface area (Å²) in [5.41, 5.74) is 1.33. The second kappa shape index (κ2) is 9.99. The van der Waals surface area contributed by atoms with Crippen LogP contribution in [0.15, 0.2) is 72.3 Å². The van der Waals surface area contributed by atoms with E-state index in [1.807, 2.05) is 12.1 Å².